The lowest BCUT2D eigenvalue weighted by atomic mass is 10.0. The Kier molecular flexibility index (Phi) is 3.91. The van der Waals surface area contributed by atoms with Gasteiger partial charge in [-0.2, -0.15) is 0 Å². The normalized spacial score (nSPS) is 15.8. The Morgan fingerprint density at radius 2 is 1.95 bits per heavy atom. The zero-order valence-corrected chi connectivity index (χ0v) is 14.1. The molecule has 0 aliphatic carbocycles. The van der Waals surface area contributed by atoms with Crippen LogP contribution in [0.1, 0.15) is 31.9 Å². The van der Waals surface area contributed by atoms with E-state index in [0.717, 1.165) is 12.2 Å². The molecule has 0 bridgehead atoms. The predicted octanol–water partition coefficient (Wildman–Crippen LogP) is 4.11. The summed E-state index contributed by atoms with van der Waals surface area (Å²) < 4.78 is 6.33. The van der Waals surface area contributed by atoms with Crippen LogP contribution in [-0.2, 0) is 13.0 Å². The number of nitroso groups, excluding NO2 is 1. The van der Waals surface area contributed by atoms with Gasteiger partial charge >= 0.3 is 0 Å². The quantitative estimate of drug-likeness (QED) is 0.622. The molecular formula is C15H24N2O2Si. The highest BCUT2D eigenvalue weighted by Gasteiger charge is 2.39. The molecule has 0 saturated carbocycles. The SMILES string of the molecule is CC(C)(C)[Si](C)(C)Oc1ccc2c(c1)CCN(N=O)C2. The minimum absolute atomic E-state index is 0.196. The molecule has 1 aromatic carbocycles. The molecule has 0 amide bonds. The fourth-order valence-electron chi connectivity index (χ4n) is 2.10. The van der Waals surface area contributed by atoms with E-state index in [2.05, 4.69) is 51.3 Å². The molecule has 1 aromatic rings. The van der Waals surface area contributed by atoms with E-state index in [0.29, 0.717) is 13.1 Å². The van der Waals surface area contributed by atoms with Crippen molar-refractivity contribution in [3.8, 4) is 5.75 Å². The molecule has 0 radical (unpaired) electrons. The molecule has 0 atom stereocenters. The molecule has 5 heteroatoms. The van der Waals surface area contributed by atoms with Gasteiger partial charge in [0.05, 0.1) is 11.8 Å². The highest BCUT2D eigenvalue weighted by molar-refractivity contribution is 6.74. The molecule has 110 valence electrons. The summed E-state index contributed by atoms with van der Waals surface area (Å²) in [6.45, 7) is 12.5. The Hall–Kier alpha value is -1.36. The van der Waals surface area contributed by atoms with Crippen molar-refractivity contribution >= 4 is 8.32 Å². The van der Waals surface area contributed by atoms with E-state index >= 15 is 0 Å². The van der Waals surface area contributed by atoms with E-state index in [-0.39, 0.29) is 5.04 Å². The smallest absolute Gasteiger partial charge is 0.250 e. The molecule has 1 aliphatic rings. The van der Waals surface area contributed by atoms with Crippen LogP contribution in [-0.4, -0.2) is 19.9 Å². The third-order valence-corrected chi connectivity index (χ3v) is 8.82. The number of nitrogens with zero attached hydrogens (tertiary/aromatic N) is 2. The molecule has 1 aliphatic heterocycles. The highest BCUT2D eigenvalue weighted by atomic mass is 28.4. The Morgan fingerprint density at radius 3 is 2.55 bits per heavy atom. The summed E-state index contributed by atoms with van der Waals surface area (Å²) in [6.07, 6.45) is 0.857. The van der Waals surface area contributed by atoms with E-state index in [4.69, 9.17) is 4.43 Å². The molecular weight excluding hydrogens is 268 g/mol. The van der Waals surface area contributed by atoms with Crippen molar-refractivity contribution in [2.24, 2.45) is 5.29 Å². The molecule has 0 aromatic heterocycles. The first-order valence-corrected chi connectivity index (χ1v) is 10.0. The topological polar surface area (TPSA) is 41.9 Å². The second-order valence-electron chi connectivity index (χ2n) is 7.01. The highest BCUT2D eigenvalue weighted by Crippen LogP contribution is 2.38. The van der Waals surface area contributed by atoms with Gasteiger partial charge in [0.15, 0.2) is 0 Å². The molecule has 0 unspecified atom stereocenters. The fourth-order valence-corrected chi connectivity index (χ4v) is 3.12. The first-order chi connectivity index (χ1) is 9.23. The van der Waals surface area contributed by atoms with Gasteiger partial charge in [-0.25, -0.2) is 0 Å². The Bertz CT molecular complexity index is 509. The lowest BCUT2D eigenvalue weighted by Gasteiger charge is -2.36. The zero-order valence-electron chi connectivity index (χ0n) is 13.1. The third kappa shape index (κ3) is 3.03. The van der Waals surface area contributed by atoms with Gasteiger partial charge in [-0.15, -0.1) is 4.91 Å². The summed E-state index contributed by atoms with van der Waals surface area (Å²) >= 11 is 0. The van der Waals surface area contributed by atoms with E-state index in [1.165, 1.54) is 11.1 Å². The molecule has 0 saturated heterocycles. The Labute approximate surface area is 122 Å². The maximum Gasteiger partial charge on any atom is 0.250 e. The first kappa shape index (κ1) is 15.0. The second kappa shape index (κ2) is 5.20. The van der Waals surface area contributed by atoms with Crippen molar-refractivity contribution in [3.05, 3.63) is 34.2 Å². The third-order valence-electron chi connectivity index (χ3n) is 4.46. The van der Waals surface area contributed by atoms with Gasteiger partial charge in [0.25, 0.3) is 0 Å². The summed E-state index contributed by atoms with van der Waals surface area (Å²) in [5.41, 5.74) is 2.46. The molecule has 0 spiro atoms. The number of rotatable bonds is 3. The van der Waals surface area contributed by atoms with Crippen molar-refractivity contribution in [2.45, 2.75) is 51.9 Å². The van der Waals surface area contributed by atoms with Gasteiger partial charge in [0.1, 0.15) is 5.75 Å². The van der Waals surface area contributed by atoms with Gasteiger partial charge < -0.3 is 4.43 Å². The van der Waals surface area contributed by atoms with Gasteiger partial charge in [0, 0.05) is 6.54 Å². The monoisotopic (exact) mass is 292 g/mol. The largest absolute Gasteiger partial charge is 0.543 e. The van der Waals surface area contributed by atoms with Crippen LogP contribution in [0.3, 0.4) is 0 Å². The Morgan fingerprint density at radius 1 is 1.25 bits per heavy atom. The van der Waals surface area contributed by atoms with Gasteiger partial charge in [-0.05, 0) is 47.8 Å². The van der Waals surface area contributed by atoms with Crippen LogP contribution < -0.4 is 4.43 Å². The minimum Gasteiger partial charge on any atom is -0.543 e. The van der Waals surface area contributed by atoms with Crippen molar-refractivity contribution in [1.29, 1.82) is 0 Å². The standard InChI is InChI=1S/C15H24N2O2Si/c1-15(2,3)20(4,5)19-14-7-6-13-11-17(16-18)9-8-12(13)10-14/h6-7,10H,8-9,11H2,1-5H3. The zero-order chi connectivity index (χ0) is 15.0. The average Bonchev–Trinajstić information content (AvgIpc) is 2.36. The van der Waals surface area contributed by atoms with Crippen LogP contribution in [0, 0.1) is 4.91 Å². The number of hydrogen-bond acceptors (Lipinski definition) is 3. The molecule has 4 nitrogen and oxygen atoms in total. The van der Waals surface area contributed by atoms with Gasteiger partial charge in [-0.1, -0.05) is 26.8 Å². The van der Waals surface area contributed by atoms with Crippen LogP contribution >= 0.6 is 0 Å². The summed E-state index contributed by atoms with van der Waals surface area (Å²) in [4.78, 5) is 10.6. The summed E-state index contributed by atoms with van der Waals surface area (Å²) in [6, 6.07) is 6.22. The van der Waals surface area contributed by atoms with Gasteiger partial charge in [0.2, 0.25) is 8.32 Å². The van der Waals surface area contributed by atoms with Crippen LogP contribution in [0.15, 0.2) is 23.5 Å². The molecule has 20 heavy (non-hydrogen) atoms. The number of fused-ring (bicyclic) bond motifs is 1. The molecule has 2 rings (SSSR count). The van der Waals surface area contributed by atoms with Crippen molar-refractivity contribution < 1.29 is 4.43 Å². The average molecular weight is 292 g/mol. The second-order valence-corrected chi connectivity index (χ2v) is 11.7. The van der Waals surface area contributed by atoms with E-state index < -0.39 is 8.32 Å². The van der Waals surface area contributed by atoms with Crippen molar-refractivity contribution in [3.63, 3.8) is 0 Å². The summed E-state index contributed by atoms with van der Waals surface area (Å²) in [7, 11) is -1.79. The number of benzene rings is 1. The maximum absolute atomic E-state index is 10.6. The molecule has 0 N–H and O–H groups in total. The van der Waals surface area contributed by atoms with E-state index in [9.17, 15) is 4.91 Å². The van der Waals surface area contributed by atoms with E-state index in [1.807, 2.05) is 6.07 Å². The van der Waals surface area contributed by atoms with E-state index in [1.54, 1.807) is 5.01 Å². The van der Waals surface area contributed by atoms with Crippen LogP contribution in [0.25, 0.3) is 0 Å². The summed E-state index contributed by atoms with van der Waals surface area (Å²) in [5.74, 6) is 0.961. The van der Waals surface area contributed by atoms with Crippen molar-refractivity contribution in [2.75, 3.05) is 6.54 Å². The maximum atomic E-state index is 10.6. The number of hydrogen-bond donors (Lipinski definition) is 0. The lowest BCUT2D eigenvalue weighted by molar-refractivity contribution is 0.263. The van der Waals surface area contributed by atoms with Gasteiger partial charge in [-0.3, -0.25) is 5.01 Å². The molecule has 0 fully saturated rings. The minimum atomic E-state index is -1.79. The first-order valence-electron chi connectivity index (χ1n) is 7.12. The summed E-state index contributed by atoms with van der Waals surface area (Å²) in [5, 5.41) is 4.78. The van der Waals surface area contributed by atoms with Crippen LogP contribution in [0.4, 0.5) is 0 Å². The fraction of sp³-hybridized carbons (Fsp3) is 0.600. The van der Waals surface area contributed by atoms with Crippen molar-refractivity contribution in [1.82, 2.24) is 5.01 Å². The predicted molar refractivity (Wildman–Crippen MR) is 84.2 cm³/mol. The molecule has 1 heterocycles. The van der Waals surface area contributed by atoms with Crippen LogP contribution in [0.5, 0.6) is 5.75 Å². The Balaban J connectivity index is 2.19. The van der Waals surface area contributed by atoms with Crippen LogP contribution in [0.2, 0.25) is 18.1 Å². The lowest BCUT2D eigenvalue weighted by Crippen LogP contribution is -2.43.